The average Bonchev–Trinajstić information content (AvgIpc) is 2.66. The van der Waals surface area contributed by atoms with Crippen molar-refractivity contribution in [3.05, 3.63) is 0 Å². The molecule has 16 heavy (non-hydrogen) atoms. The van der Waals surface area contributed by atoms with Gasteiger partial charge in [0, 0.05) is 25.6 Å². The minimum Gasteiger partial charge on any atom is -0.355 e. The van der Waals surface area contributed by atoms with Gasteiger partial charge in [0.1, 0.15) is 0 Å². The molecule has 0 aliphatic carbocycles. The van der Waals surface area contributed by atoms with Crippen molar-refractivity contribution in [3.8, 4) is 0 Å². The van der Waals surface area contributed by atoms with Gasteiger partial charge in [-0.1, -0.05) is 0 Å². The van der Waals surface area contributed by atoms with Crippen molar-refractivity contribution >= 4 is 24.2 Å². The molecule has 6 heteroatoms. The molecule has 2 saturated heterocycles. The lowest BCUT2D eigenvalue weighted by atomic mass is 10.0. The van der Waals surface area contributed by atoms with E-state index in [1.54, 1.807) is 0 Å². The zero-order valence-corrected chi connectivity index (χ0v) is 9.94. The Morgan fingerprint density at radius 3 is 2.75 bits per heavy atom. The van der Waals surface area contributed by atoms with Crippen molar-refractivity contribution in [2.45, 2.75) is 25.3 Å². The van der Waals surface area contributed by atoms with Gasteiger partial charge in [0.15, 0.2) is 0 Å². The molecule has 1 unspecified atom stereocenters. The van der Waals surface area contributed by atoms with E-state index in [2.05, 4.69) is 16.0 Å². The SMILES string of the molecule is Cl.O=C1CC(C(=O)N[C@H]2CCCNC2)CN1. The molecular weight excluding hydrogens is 230 g/mol. The third-order valence-corrected chi connectivity index (χ3v) is 2.99. The molecule has 0 bridgehead atoms. The van der Waals surface area contributed by atoms with Crippen LogP contribution in [0.1, 0.15) is 19.3 Å². The first kappa shape index (κ1) is 13.3. The number of carbonyl (C=O) groups excluding carboxylic acids is 2. The van der Waals surface area contributed by atoms with E-state index >= 15 is 0 Å². The van der Waals surface area contributed by atoms with Crippen LogP contribution in [0.3, 0.4) is 0 Å². The van der Waals surface area contributed by atoms with Crippen LogP contribution in [-0.4, -0.2) is 37.5 Å². The van der Waals surface area contributed by atoms with Crippen LogP contribution in [0, 0.1) is 5.92 Å². The summed E-state index contributed by atoms with van der Waals surface area (Å²) in [5.74, 6) is -0.168. The monoisotopic (exact) mass is 247 g/mol. The molecule has 0 radical (unpaired) electrons. The summed E-state index contributed by atoms with van der Waals surface area (Å²) in [7, 11) is 0. The van der Waals surface area contributed by atoms with Crippen molar-refractivity contribution < 1.29 is 9.59 Å². The van der Waals surface area contributed by atoms with Crippen LogP contribution in [0.25, 0.3) is 0 Å². The van der Waals surface area contributed by atoms with Crippen LogP contribution in [-0.2, 0) is 9.59 Å². The molecule has 2 heterocycles. The first-order chi connectivity index (χ1) is 7.25. The van der Waals surface area contributed by atoms with Crippen molar-refractivity contribution in [1.82, 2.24) is 16.0 Å². The number of amides is 2. The highest BCUT2D eigenvalue weighted by atomic mass is 35.5. The fraction of sp³-hybridized carbons (Fsp3) is 0.800. The number of halogens is 1. The molecular formula is C10H18ClN3O2. The van der Waals surface area contributed by atoms with E-state index in [4.69, 9.17) is 0 Å². The molecule has 2 aliphatic heterocycles. The molecule has 2 aliphatic rings. The van der Waals surface area contributed by atoms with Crippen molar-refractivity contribution in [2.24, 2.45) is 5.92 Å². The molecule has 0 saturated carbocycles. The van der Waals surface area contributed by atoms with E-state index in [1.807, 2.05) is 0 Å². The molecule has 5 nitrogen and oxygen atoms in total. The molecule has 2 fully saturated rings. The van der Waals surface area contributed by atoms with E-state index in [9.17, 15) is 9.59 Å². The summed E-state index contributed by atoms with van der Waals surface area (Å²) < 4.78 is 0. The van der Waals surface area contributed by atoms with Gasteiger partial charge in [-0.25, -0.2) is 0 Å². The predicted octanol–water partition coefficient (Wildman–Crippen LogP) is -0.587. The lowest BCUT2D eigenvalue weighted by molar-refractivity contribution is -0.127. The largest absolute Gasteiger partial charge is 0.355 e. The molecule has 3 N–H and O–H groups in total. The van der Waals surface area contributed by atoms with Gasteiger partial charge in [-0.2, -0.15) is 0 Å². The van der Waals surface area contributed by atoms with Crippen LogP contribution in [0.5, 0.6) is 0 Å². The second kappa shape index (κ2) is 6.06. The second-order valence-corrected chi connectivity index (χ2v) is 4.26. The Labute approximate surface area is 101 Å². The van der Waals surface area contributed by atoms with Gasteiger partial charge in [0.2, 0.25) is 11.8 Å². The maximum atomic E-state index is 11.7. The number of carbonyl (C=O) groups is 2. The number of piperidine rings is 1. The Morgan fingerprint density at radius 2 is 2.19 bits per heavy atom. The molecule has 2 atom stereocenters. The third kappa shape index (κ3) is 3.35. The van der Waals surface area contributed by atoms with Crippen molar-refractivity contribution in [2.75, 3.05) is 19.6 Å². The zero-order valence-electron chi connectivity index (χ0n) is 9.12. The first-order valence-corrected chi connectivity index (χ1v) is 5.53. The summed E-state index contributed by atoms with van der Waals surface area (Å²) in [6.45, 7) is 2.38. The molecule has 0 aromatic rings. The summed E-state index contributed by atoms with van der Waals surface area (Å²) in [6, 6.07) is 0.238. The summed E-state index contributed by atoms with van der Waals surface area (Å²) >= 11 is 0. The quantitative estimate of drug-likeness (QED) is 0.611. The number of hydrogen-bond acceptors (Lipinski definition) is 3. The van der Waals surface area contributed by atoms with Crippen LogP contribution < -0.4 is 16.0 Å². The van der Waals surface area contributed by atoms with Crippen molar-refractivity contribution in [1.29, 1.82) is 0 Å². The van der Waals surface area contributed by atoms with E-state index in [0.29, 0.717) is 13.0 Å². The van der Waals surface area contributed by atoms with Gasteiger partial charge in [0.05, 0.1) is 5.92 Å². The Morgan fingerprint density at radius 1 is 1.38 bits per heavy atom. The molecule has 0 aromatic carbocycles. The molecule has 92 valence electrons. The number of nitrogens with one attached hydrogen (secondary N) is 3. The van der Waals surface area contributed by atoms with E-state index in [1.165, 1.54) is 0 Å². The highest BCUT2D eigenvalue weighted by molar-refractivity contribution is 5.89. The highest BCUT2D eigenvalue weighted by Gasteiger charge is 2.29. The zero-order chi connectivity index (χ0) is 10.7. The van der Waals surface area contributed by atoms with Crippen LogP contribution >= 0.6 is 12.4 Å². The minimum atomic E-state index is -0.167. The van der Waals surface area contributed by atoms with E-state index in [-0.39, 0.29) is 36.2 Å². The Balaban J connectivity index is 0.00000128. The predicted molar refractivity (Wildman–Crippen MR) is 62.4 cm³/mol. The minimum absolute atomic E-state index is 0. The molecule has 0 spiro atoms. The van der Waals surface area contributed by atoms with Crippen LogP contribution in [0.4, 0.5) is 0 Å². The lowest BCUT2D eigenvalue weighted by Crippen LogP contribution is -2.47. The number of rotatable bonds is 2. The van der Waals surface area contributed by atoms with Gasteiger partial charge in [-0.15, -0.1) is 12.4 Å². The average molecular weight is 248 g/mol. The first-order valence-electron chi connectivity index (χ1n) is 5.53. The smallest absolute Gasteiger partial charge is 0.225 e. The standard InChI is InChI=1S/C10H17N3O2.ClH/c14-9-4-7(5-12-9)10(15)13-8-2-1-3-11-6-8;/h7-8,11H,1-6H2,(H,12,14)(H,13,15);1H/t7?,8-;/m0./s1. The summed E-state index contributed by atoms with van der Waals surface area (Å²) in [4.78, 5) is 22.7. The van der Waals surface area contributed by atoms with Gasteiger partial charge >= 0.3 is 0 Å². The lowest BCUT2D eigenvalue weighted by Gasteiger charge is -2.24. The molecule has 2 rings (SSSR count). The molecule has 0 aromatic heterocycles. The maximum absolute atomic E-state index is 11.7. The fourth-order valence-corrected chi connectivity index (χ4v) is 2.08. The topological polar surface area (TPSA) is 70.2 Å². The van der Waals surface area contributed by atoms with Gasteiger partial charge in [-0.05, 0) is 19.4 Å². The third-order valence-electron chi connectivity index (χ3n) is 2.99. The fourth-order valence-electron chi connectivity index (χ4n) is 2.08. The van der Waals surface area contributed by atoms with Gasteiger partial charge in [-0.3, -0.25) is 9.59 Å². The van der Waals surface area contributed by atoms with Gasteiger partial charge < -0.3 is 16.0 Å². The molecule has 2 amide bonds. The maximum Gasteiger partial charge on any atom is 0.225 e. The van der Waals surface area contributed by atoms with E-state index in [0.717, 1.165) is 25.9 Å². The Kier molecular flexibility index (Phi) is 5.02. The van der Waals surface area contributed by atoms with Crippen molar-refractivity contribution in [3.63, 3.8) is 0 Å². The summed E-state index contributed by atoms with van der Waals surface area (Å²) in [5, 5.41) is 8.90. The highest BCUT2D eigenvalue weighted by Crippen LogP contribution is 2.10. The Bertz CT molecular complexity index is 267. The van der Waals surface area contributed by atoms with Gasteiger partial charge in [0.25, 0.3) is 0 Å². The van der Waals surface area contributed by atoms with Crippen LogP contribution in [0.2, 0.25) is 0 Å². The second-order valence-electron chi connectivity index (χ2n) is 4.26. The van der Waals surface area contributed by atoms with Crippen LogP contribution in [0.15, 0.2) is 0 Å². The number of hydrogen-bond donors (Lipinski definition) is 3. The summed E-state index contributed by atoms with van der Waals surface area (Å²) in [6.07, 6.45) is 2.48. The van der Waals surface area contributed by atoms with E-state index < -0.39 is 0 Å². The normalized spacial score (nSPS) is 29.1. The summed E-state index contributed by atoms with van der Waals surface area (Å²) in [5.41, 5.74) is 0. The Hall–Kier alpha value is -0.810.